The highest BCUT2D eigenvalue weighted by Gasteiger charge is 2.29. The van der Waals surface area contributed by atoms with Crippen LogP contribution in [-0.2, 0) is 6.42 Å². The Balaban J connectivity index is 1.86. The largest absolute Gasteiger partial charge is 0.322 e. The number of aromatic nitrogens is 2. The van der Waals surface area contributed by atoms with Crippen LogP contribution in [0.2, 0.25) is 10.0 Å². The SMILES string of the molecule is CCCCCN(C(=O)Nc1cccc(Cl)c1Cl)C(CC)c1nc2ccccc2c(=O)n1-c1ccc(CC)cc1. The Kier molecular flexibility index (Phi) is 9.65. The van der Waals surface area contributed by atoms with Crippen molar-refractivity contribution in [3.63, 3.8) is 0 Å². The third kappa shape index (κ3) is 6.29. The van der Waals surface area contributed by atoms with Gasteiger partial charge in [-0.2, -0.15) is 0 Å². The van der Waals surface area contributed by atoms with Gasteiger partial charge in [0.25, 0.3) is 5.56 Å². The number of halogens is 2. The first kappa shape index (κ1) is 28.7. The van der Waals surface area contributed by atoms with Gasteiger partial charge >= 0.3 is 6.03 Å². The number of rotatable bonds is 10. The monoisotopic (exact) mass is 564 g/mol. The van der Waals surface area contributed by atoms with Gasteiger partial charge in [0.05, 0.1) is 38.4 Å². The quantitative estimate of drug-likeness (QED) is 0.196. The number of unbranched alkanes of at least 4 members (excludes halogenated alkanes) is 2. The Morgan fingerprint density at radius 1 is 0.974 bits per heavy atom. The van der Waals surface area contributed by atoms with Crippen molar-refractivity contribution in [2.24, 2.45) is 0 Å². The summed E-state index contributed by atoms with van der Waals surface area (Å²) in [7, 11) is 0. The lowest BCUT2D eigenvalue weighted by Gasteiger charge is -2.32. The molecular weight excluding hydrogens is 531 g/mol. The summed E-state index contributed by atoms with van der Waals surface area (Å²) in [5.74, 6) is 0.522. The van der Waals surface area contributed by atoms with Gasteiger partial charge in [0.2, 0.25) is 0 Å². The van der Waals surface area contributed by atoms with E-state index >= 15 is 0 Å². The molecule has 1 atom stereocenters. The molecule has 1 N–H and O–H groups in total. The van der Waals surface area contributed by atoms with Crippen LogP contribution in [0.25, 0.3) is 16.6 Å². The molecule has 0 aliphatic rings. The van der Waals surface area contributed by atoms with Crippen LogP contribution < -0.4 is 10.9 Å². The van der Waals surface area contributed by atoms with Crippen molar-refractivity contribution in [1.82, 2.24) is 14.5 Å². The normalized spacial score (nSPS) is 11.9. The maximum atomic E-state index is 13.9. The van der Waals surface area contributed by atoms with Gasteiger partial charge < -0.3 is 10.2 Å². The second-order valence-corrected chi connectivity index (χ2v) is 10.3. The van der Waals surface area contributed by atoms with Gasteiger partial charge in [-0.05, 0) is 61.2 Å². The smallest absolute Gasteiger partial charge is 0.314 e. The third-order valence-corrected chi connectivity index (χ3v) is 7.74. The molecule has 4 rings (SSSR count). The molecule has 6 nitrogen and oxygen atoms in total. The molecule has 3 aromatic carbocycles. The summed E-state index contributed by atoms with van der Waals surface area (Å²) in [4.78, 5) is 34.5. The number of hydrogen-bond acceptors (Lipinski definition) is 3. The zero-order valence-corrected chi connectivity index (χ0v) is 24.1. The number of para-hydroxylation sites is 1. The van der Waals surface area contributed by atoms with Crippen molar-refractivity contribution in [3.8, 4) is 5.69 Å². The van der Waals surface area contributed by atoms with E-state index in [0.717, 1.165) is 31.4 Å². The number of aryl methyl sites for hydroxylation is 1. The first-order valence-electron chi connectivity index (χ1n) is 13.5. The van der Waals surface area contributed by atoms with Crippen LogP contribution in [0.5, 0.6) is 0 Å². The highest BCUT2D eigenvalue weighted by Crippen LogP contribution is 2.32. The molecule has 0 fully saturated rings. The molecule has 0 aliphatic heterocycles. The van der Waals surface area contributed by atoms with Crippen LogP contribution in [-0.4, -0.2) is 27.0 Å². The van der Waals surface area contributed by atoms with Gasteiger partial charge in [-0.1, -0.05) is 87.1 Å². The molecule has 0 spiro atoms. The van der Waals surface area contributed by atoms with Crippen molar-refractivity contribution in [2.45, 2.75) is 58.9 Å². The van der Waals surface area contributed by atoms with Crippen LogP contribution in [0.4, 0.5) is 10.5 Å². The van der Waals surface area contributed by atoms with Crippen molar-refractivity contribution in [2.75, 3.05) is 11.9 Å². The number of hydrogen-bond donors (Lipinski definition) is 1. The summed E-state index contributed by atoms with van der Waals surface area (Å²) >= 11 is 12.6. The second kappa shape index (κ2) is 13.1. The summed E-state index contributed by atoms with van der Waals surface area (Å²) in [6.45, 7) is 6.71. The number of nitrogens with zero attached hydrogens (tertiary/aromatic N) is 3. The maximum Gasteiger partial charge on any atom is 0.322 e. The molecule has 2 amide bonds. The van der Waals surface area contributed by atoms with Crippen LogP contribution in [0.15, 0.2) is 71.5 Å². The zero-order chi connectivity index (χ0) is 27.9. The number of carbonyl (C=O) groups excluding carboxylic acids is 1. The summed E-state index contributed by atoms with van der Waals surface area (Å²) in [6, 6.07) is 19.6. The molecule has 1 aromatic heterocycles. The van der Waals surface area contributed by atoms with Crippen molar-refractivity contribution >= 4 is 45.8 Å². The number of fused-ring (bicyclic) bond motifs is 1. The first-order valence-corrected chi connectivity index (χ1v) is 14.3. The number of nitrogens with one attached hydrogen (secondary N) is 1. The molecular formula is C31H34Cl2N4O2. The van der Waals surface area contributed by atoms with Crippen molar-refractivity contribution < 1.29 is 4.79 Å². The molecule has 0 saturated heterocycles. The number of urea groups is 1. The molecule has 1 heterocycles. The molecule has 1 unspecified atom stereocenters. The van der Waals surface area contributed by atoms with Crippen molar-refractivity contribution in [3.05, 3.63) is 98.5 Å². The average molecular weight is 566 g/mol. The average Bonchev–Trinajstić information content (AvgIpc) is 2.95. The molecule has 8 heteroatoms. The van der Waals surface area contributed by atoms with E-state index in [9.17, 15) is 9.59 Å². The van der Waals surface area contributed by atoms with E-state index in [0.29, 0.717) is 40.4 Å². The van der Waals surface area contributed by atoms with Crippen LogP contribution >= 0.6 is 23.2 Å². The Morgan fingerprint density at radius 3 is 2.41 bits per heavy atom. The Hall–Kier alpha value is -3.35. The van der Waals surface area contributed by atoms with E-state index in [2.05, 4.69) is 19.2 Å². The minimum absolute atomic E-state index is 0.162. The molecule has 0 bridgehead atoms. The van der Waals surface area contributed by atoms with Gasteiger partial charge in [-0.3, -0.25) is 9.36 Å². The minimum atomic E-state index is -0.469. The topological polar surface area (TPSA) is 67.2 Å². The number of amides is 2. The number of benzene rings is 3. The fraction of sp³-hybridized carbons (Fsp3) is 0.323. The number of anilines is 1. The molecule has 204 valence electrons. The summed E-state index contributed by atoms with van der Waals surface area (Å²) in [5.41, 5.74) is 2.77. The maximum absolute atomic E-state index is 13.9. The van der Waals surface area contributed by atoms with E-state index in [1.54, 1.807) is 33.7 Å². The van der Waals surface area contributed by atoms with Crippen molar-refractivity contribution in [1.29, 1.82) is 0 Å². The summed E-state index contributed by atoms with van der Waals surface area (Å²) in [6.07, 6.45) is 4.24. The minimum Gasteiger partial charge on any atom is -0.314 e. The number of carbonyl (C=O) groups is 1. The van der Waals surface area contributed by atoms with E-state index in [-0.39, 0.29) is 16.6 Å². The fourth-order valence-electron chi connectivity index (χ4n) is 4.76. The van der Waals surface area contributed by atoms with Gasteiger partial charge in [-0.15, -0.1) is 0 Å². The zero-order valence-electron chi connectivity index (χ0n) is 22.6. The third-order valence-electron chi connectivity index (χ3n) is 6.92. The second-order valence-electron chi connectivity index (χ2n) is 9.50. The van der Waals surface area contributed by atoms with E-state index in [1.165, 1.54) is 5.56 Å². The lowest BCUT2D eigenvalue weighted by molar-refractivity contribution is 0.179. The van der Waals surface area contributed by atoms with Crippen LogP contribution in [0.1, 0.15) is 63.9 Å². The predicted octanol–water partition coefficient (Wildman–Crippen LogP) is 8.43. The Bertz CT molecular complexity index is 1500. The molecule has 0 aliphatic carbocycles. The molecule has 39 heavy (non-hydrogen) atoms. The van der Waals surface area contributed by atoms with Crippen LogP contribution in [0, 0.1) is 0 Å². The Morgan fingerprint density at radius 2 is 1.72 bits per heavy atom. The van der Waals surface area contributed by atoms with Gasteiger partial charge in [0.1, 0.15) is 5.82 Å². The standard InChI is InChI=1S/C31H34Cl2N4O2/c1-4-7-10-20-36(31(39)35-26-15-11-13-24(32)28(26)33)27(6-3)29-34-25-14-9-8-12-23(25)30(38)37(29)22-18-16-21(5-2)17-19-22/h8-9,11-19,27H,4-7,10,20H2,1-3H3,(H,35,39). The highest BCUT2D eigenvalue weighted by molar-refractivity contribution is 6.43. The summed E-state index contributed by atoms with van der Waals surface area (Å²) in [5, 5.41) is 4.12. The van der Waals surface area contributed by atoms with Gasteiger partial charge in [0.15, 0.2) is 0 Å². The van der Waals surface area contributed by atoms with E-state index < -0.39 is 6.04 Å². The van der Waals surface area contributed by atoms with E-state index in [1.807, 2.05) is 49.4 Å². The predicted molar refractivity (Wildman–Crippen MR) is 161 cm³/mol. The van der Waals surface area contributed by atoms with Gasteiger partial charge in [-0.25, -0.2) is 9.78 Å². The lowest BCUT2D eigenvalue weighted by atomic mass is 10.1. The van der Waals surface area contributed by atoms with E-state index in [4.69, 9.17) is 28.2 Å². The molecule has 0 saturated carbocycles. The lowest BCUT2D eigenvalue weighted by Crippen LogP contribution is -2.41. The molecule has 0 radical (unpaired) electrons. The molecule has 4 aromatic rings. The summed E-state index contributed by atoms with van der Waals surface area (Å²) < 4.78 is 1.66. The highest BCUT2D eigenvalue weighted by atomic mass is 35.5. The van der Waals surface area contributed by atoms with Gasteiger partial charge in [0, 0.05) is 6.54 Å². The Labute approximate surface area is 239 Å². The van der Waals surface area contributed by atoms with Crippen LogP contribution in [0.3, 0.4) is 0 Å². The fourth-order valence-corrected chi connectivity index (χ4v) is 5.11. The first-order chi connectivity index (χ1) is 18.9.